The molecule has 2 amide bonds. The van der Waals surface area contributed by atoms with Gasteiger partial charge in [-0.15, -0.1) is 0 Å². The molecule has 0 saturated heterocycles. The number of hydrogen-bond donors (Lipinski definition) is 3. The van der Waals surface area contributed by atoms with Crippen LogP contribution in [0.2, 0.25) is 0 Å². The predicted molar refractivity (Wildman–Crippen MR) is 75.5 cm³/mol. The summed E-state index contributed by atoms with van der Waals surface area (Å²) in [7, 11) is 1.48. The summed E-state index contributed by atoms with van der Waals surface area (Å²) < 4.78 is 5.12. The van der Waals surface area contributed by atoms with Crippen LogP contribution < -0.4 is 21.1 Å². The third-order valence-electron chi connectivity index (χ3n) is 3.09. The van der Waals surface area contributed by atoms with Crippen LogP contribution >= 0.6 is 0 Å². The number of benzene rings is 1. The molecule has 1 fully saturated rings. The van der Waals surface area contributed by atoms with Crippen molar-refractivity contribution < 1.29 is 14.3 Å². The monoisotopic (exact) mass is 277 g/mol. The first-order valence-corrected chi connectivity index (χ1v) is 6.62. The second-order valence-corrected chi connectivity index (χ2v) is 4.77. The average Bonchev–Trinajstić information content (AvgIpc) is 3.21. The maximum atomic E-state index is 12.1. The van der Waals surface area contributed by atoms with E-state index in [0.717, 1.165) is 12.8 Å². The van der Waals surface area contributed by atoms with Crippen molar-refractivity contribution >= 4 is 17.5 Å². The van der Waals surface area contributed by atoms with Crippen molar-refractivity contribution in [3.8, 4) is 5.75 Å². The van der Waals surface area contributed by atoms with Crippen molar-refractivity contribution in [3.63, 3.8) is 0 Å². The normalized spacial score (nSPS) is 13.7. The summed E-state index contributed by atoms with van der Waals surface area (Å²) >= 11 is 0. The number of methoxy groups -OCH3 is 1. The minimum Gasteiger partial charge on any atom is -0.496 e. The molecule has 6 heteroatoms. The highest BCUT2D eigenvalue weighted by molar-refractivity contribution is 6.02. The Morgan fingerprint density at radius 1 is 1.40 bits per heavy atom. The first-order chi connectivity index (χ1) is 9.61. The van der Waals surface area contributed by atoms with Gasteiger partial charge in [0.2, 0.25) is 5.91 Å². The Kier molecular flexibility index (Phi) is 4.45. The molecule has 2 rings (SSSR count). The van der Waals surface area contributed by atoms with Gasteiger partial charge in [0.1, 0.15) is 11.3 Å². The summed E-state index contributed by atoms with van der Waals surface area (Å²) in [6.07, 6.45) is 2.36. The van der Waals surface area contributed by atoms with Gasteiger partial charge < -0.3 is 21.1 Å². The minimum absolute atomic E-state index is 0.0409. The molecule has 0 bridgehead atoms. The highest BCUT2D eigenvalue weighted by Gasteiger charge is 2.23. The van der Waals surface area contributed by atoms with E-state index in [1.54, 1.807) is 18.2 Å². The number of rotatable bonds is 6. The fourth-order valence-electron chi connectivity index (χ4n) is 1.87. The van der Waals surface area contributed by atoms with Gasteiger partial charge in [-0.1, -0.05) is 6.07 Å². The molecular formula is C14H19N3O3. The Morgan fingerprint density at radius 3 is 2.80 bits per heavy atom. The molecule has 0 heterocycles. The molecule has 108 valence electrons. The van der Waals surface area contributed by atoms with Gasteiger partial charge in [0, 0.05) is 24.7 Å². The summed E-state index contributed by atoms with van der Waals surface area (Å²) in [5.74, 6) is 0.0462. The predicted octanol–water partition coefficient (Wildman–Crippen LogP) is 0.676. The largest absolute Gasteiger partial charge is 0.496 e. The standard InChI is InChI=1S/C14H19N3O3/c1-20-11-4-2-3-10(15)13(11)14(19)16-8-7-12(18)17-9-5-6-9/h2-4,9H,5-8,15H2,1H3,(H,16,19)(H,17,18). The fraction of sp³-hybridized carbons (Fsp3) is 0.429. The summed E-state index contributed by atoms with van der Waals surface area (Å²) in [6.45, 7) is 0.273. The maximum absolute atomic E-state index is 12.1. The van der Waals surface area contributed by atoms with Crippen molar-refractivity contribution in [1.29, 1.82) is 0 Å². The number of hydrogen-bond acceptors (Lipinski definition) is 4. The lowest BCUT2D eigenvalue weighted by Gasteiger charge is -2.11. The van der Waals surface area contributed by atoms with Gasteiger partial charge >= 0.3 is 0 Å². The maximum Gasteiger partial charge on any atom is 0.257 e. The number of ether oxygens (including phenoxy) is 1. The number of anilines is 1. The lowest BCUT2D eigenvalue weighted by atomic mass is 10.1. The van der Waals surface area contributed by atoms with E-state index >= 15 is 0 Å². The van der Waals surface area contributed by atoms with Gasteiger partial charge in [-0.25, -0.2) is 0 Å². The first-order valence-electron chi connectivity index (χ1n) is 6.62. The summed E-state index contributed by atoms with van der Waals surface area (Å²) in [6, 6.07) is 5.36. The van der Waals surface area contributed by atoms with Crippen LogP contribution in [0.3, 0.4) is 0 Å². The van der Waals surface area contributed by atoms with Gasteiger partial charge in [0.05, 0.1) is 7.11 Å². The second kappa shape index (κ2) is 6.27. The Labute approximate surface area is 117 Å². The van der Waals surface area contributed by atoms with Gasteiger partial charge in [-0.2, -0.15) is 0 Å². The molecule has 1 aromatic rings. The van der Waals surface area contributed by atoms with Crippen LogP contribution in [0.4, 0.5) is 5.69 Å². The quantitative estimate of drug-likeness (QED) is 0.666. The van der Waals surface area contributed by atoms with E-state index in [1.165, 1.54) is 7.11 Å². The Hall–Kier alpha value is -2.24. The zero-order valence-electron chi connectivity index (χ0n) is 11.4. The van der Waals surface area contributed by atoms with Crippen LogP contribution in [-0.2, 0) is 4.79 Å². The minimum atomic E-state index is -0.334. The first kappa shape index (κ1) is 14.2. The fourth-order valence-corrected chi connectivity index (χ4v) is 1.87. The van der Waals surface area contributed by atoms with Gasteiger partial charge in [0.25, 0.3) is 5.91 Å². The van der Waals surface area contributed by atoms with Crippen molar-refractivity contribution in [2.24, 2.45) is 0 Å². The number of carbonyl (C=O) groups is 2. The van der Waals surface area contributed by atoms with Crippen LogP contribution in [0.5, 0.6) is 5.75 Å². The van der Waals surface area contributed by atoms with Crippen molar-refractivity contribution in [2.75, 3.05) is 19.4 Å². The zero-order chi connectivity index (χ0) is 14.5. The van der Waals surface area contributed by atoms with Crippen molar-refractivity contribution in [2.45, 2.75) is 25.3 Å². The second-order valence-electron chi connectivity index (χ2n) is 4.77. The van der Waals surface area contributed by atoms with Crippen LogP contribution in [0.1, 0.15) is 29.6 Å². The summed E-state index contributed by atoms with van der Waals surface area (Å²) in [5.41, 5.74) is 6.44. The molecule has 0 aromatic heterocycles. The van der Waals surface area contributed by atoms with E-state index in [1.807, 2.05) is 0 Å². The molecule has 1 aliphatic carbocycles. The molecule has 0 radical (unpaired) electrons. The number of amides is 2. The van der Waals surface area contributed by atoms with E-state index in [9.17, 15) is 9.59 Å². The van der Waals surface area contributed by atoms with Crippen LogP contribution in [0, 0.1) is 0 Å². The van der Waals surface area contributed by atoms with Crippen LogP contribution in [0.25, 0.3) is 0 Å². The summed E-state index contributed by atoms with van der Waals surface area (Å²) in [5, 5.41) is 5.54. The van der Waals surface area contributed by atoms with Crippen LogP contribution in [0.15, 0.2) is 18.2 Å². The number of nitrogens with one attached hydrogen (secondary N) is 2. The molecule has 0 aliphatic heterocycles. The van der Waals surface area contributed by atoms with E-state index < -0.39 is 0 Å². The lowest BCUT2D eigenvalue weighted by molar-refractivity contribution is -0.121. The lowest BCUT2D eigenvalue weighted by Crippen LogP contribution is -2.32. The Balaban J connectivity index is 1.86. The molecule has 1 aliphatic rings. The molecule has 1 aromatic carbocycles. The SMILES string of the molecule is COc1cccc(N)c1C(=O)NCCC(=O)NC1CC1. The molecule has 4 N–H and O–H groups in total. The molecule has 20 heavy (non-hydrogen) atoms. The smallest absolute Gasteiger partial charge is 0.257 e. The van der Waals surface area contributed by atoms with E-state index in [0.29, 0.717) is 23.0 Å². The zero-order valence-corrected chi connectivity index (χ0v) is 11.4. The topological polar surface area (TPSA) is 93.4 Å². The molecule has 0 atom stereocenters. The average molecular weight is 277 g/mol. The van der Waals surface area contributed by atoms with E-state index in [-0.39, 0.29) is 24.8 Å². The van der Waals surface area contributed by atoms with E-state index in [4.69, 9.17) is 10.5 Å². The van der Waals surface area contributed by atoms with E-state index in [2.05, 4.69) is 10.6 Å². The van der Waals surface area contributed by atoms with Crippen molar-refractivity contribution in [1.82, 2.24) is 10.6 Å². The van der Waals surface area contributed by atoms with Gasteiger partial charge in [0.15, 0.2) is 0 Å². The molecule has 0 unspecified atom stereocenters. The van der Waals surface area contributed by atoms with Crippen molar-refractivity contribution in [3.05, 3.63) is 23.8 Å². The third kappa shape index (κ3) is 3.63. The summed E-state index contributed by atoms with van der Waals surface area (Å²) in [4.78, 5) is 23.5. The molecule has 1 saturated carbocycles. The highest BCUT2D eigenvalue weighted by Crippen LogP contribution is 2.23. The van der Waals surface area contributed by atoms with Gasteiger partial charge in [-0.3, -0.25) is 9.59 Å². The van der Waals surface area contributed by atoms with Crippen LogP contribution in [-0.4, -0.2) is 31.5 Å². The number of carbonyl (C=O) groups excluding carboxylic acids is 2. The Bertz CT molecular complexity index is 512. The number of nitrogen functional groups attached to an aromatic ring is 1. The Morgan fingerprint density at radius 2 is 2.15 bits per heavy atom. The van der Waals surface area contributed by atoms with Gasteiger partial charge in [-0.05, 0) is 25.0 Å². The molecular weight excluding hydrogens is 258 g/mol. The molecule has 0 spiro atoms. The highest BCUT2D eigenvalue weighted by atomic mass is 16.5. The number of nitrogens with two attached hydrogens (primary N) is 1. The molecule has 6 nitrogen and oxygen atoms in total. The third-order valence-corrected chi connectivity index (χ3v) is 3.09.